The molecule has 0 N–H and O–H groups in total. The summed E-state index contributed by atoms with van der Waals surface area (Å²) in [5.74, 6) is 4.28. The maximum atomic E-state index is 3.94. The van der Waals surface area contributed by atoms with Gasteiger partial charge < -0.3 is 19.8 Å². The van der Waals surface area contributed by atoms with E-state index in [0.29, 0.717) is 6.04 Å². The van der Waals surface area contributed by atoms with Crippen LogP contribution in [-0.2, 0) is 20.9 Å². The van der Waals surface area contributed by atoms with E-state index in [1.165, 1.54) is 53.0 Å². The normalized spacial score (nSPS) is 32.1. The summed E-state index contributed by atoms with van der Waals surface area (Å²) >= 11 is 1.53. The average Bonchev–Trinajstić information content (AvgIpc) is 2.62. The van der Waals surface area contributed by atoms with Crippen molar-refractivity contribution >= 4 is 0 Å². The zero-order chi connectivity index (χ0) is 19.1. The Kier molecular flexibility index (Phi) is 18.9. The molecular weight excluding hydrogens is 371 g/mol. The summed E-state index contributed by atoms with van der Waals surface area (Å²) in [7, 11) is 0. The van der Waals surface area contributed by atoms with Crippen LogP contribution < -0.4 is 0 Å². The summed E-state index contributed by atoms with van der Waals surface area (Å²) in [6.07, 6.45) is 12.0. The quantitative estimate of drug-likeness (QED) is 0.310. The molecule has 0 radical (unpaired) electrons. The number of hydrogen-bond acceptors (Lipinski definition) is 1. The molecule has 2 aliphatic rings. The van der Waals surface area contributed by atoms with Crippen LogP contribution in [0.3, 0.4) is 0 Å². The molecule has 0 saturated heterocycles. The van der Waals surface area contributed by atoms with Gasteiger partial charge >= 0.3 is 44.1 Å². The Bertz CT molecular complexity index is 248. The van der Waals surface area contributed by atoms with E-state index in [1.54, 1.807) is 6.92 Å². The van der Waals surface area contributed by atoms with Crippen LogP contribution in [0.2, 0.25) is 0 Å². The molecule has 2 heteroatoms. The molecular formula is C22H44NNb-3. The third kappa shape index (κ3) is 12.8. The van der Waals surface area contributed by atoms with Crippen LogP contribution in [0.15, 0.2) is 3.34 Å². The number of rotatable bonds is 1. The van der Waals surface area contributed by atoms with Crippen molar-refractivity contribution < 1.29 is 20.9 Å². The van der Waals surface area contributed by atoms with Crippen molar-refractivity contribution in [3.8, 4) is 0 Å². The molecule has 0 heterocycles. The molecule has 145 valence electrons. The Morgan fingerprint density at radius 1 is 0.833 bits per heavy atom. The third-order valence-electron chi connectivity index (χ3n) is 5.47. The minimum absolute atomic E-state index is 0.531. The van der Waals surface area contributed by atoms with Crippen LogP contribution in [0.25, 0.3) is 0 Å². The van der Waals surface area contributed by atoms with E-state index in [0.717, 1.165) is 29.6 Å². The van der Waals surface area contributed by atoms with Gasteiger partial charge in [-0.25, -0.2) is 0 Å². The predicted molar refractivity (Wildman–Crippen MR) is 106 cm³/mol. The van der Waals surface area contributed by atoms with Gasteiger partial charge in [-0.05, 0) is 5.92 Å². The Labute approximate surface area is 166 Å². The summed E-state index contributed by atoms with van der Waals surface area (Å²) in [5.41, 5.74) is 0. The Hall–Kier alpha value is 0.540. The van der Waals surface area contributed by atoms with Gasteiger partial charge in [0.25, 0.3) is 0 Å². The zero-order valence-electron chi connectivity index (χ0n) is 17.8. The van der Waals surface area contributed by atoms with E-state index >= 15 is 0 Å². The molecule has 0 aromatic rings. The van der Waals surface area contributed by atoms with E-state index in [-0.39, 0.29) is 0 Å². The molecule has 0 bridgehead atoms. The minimum Gasteiger partial charge on any atom is -0.346 e. The van der Waals surface area contributed by atoms with Gasteiger partial charge in [0.05, 0.1) is 0 Å². The van der Waals surface area contributed by atoms with E-state index in [2.05, 4.69) is 71.6 Å². The molecule has 2 rings (SSSR count). The van der Waals surface area contributed by atoms with Gasteiger partial charge in [-0.1, -0.05) is 65.7 Å². The summed E-state index contributed by atoms with van der Waals surface area (Å²) in [6, 6.07) is 0.531. The smallest absolute Gasteiger partial charge is 0.0435 e. The van der Waals surface area contributed by atoms with Gasteiger partial charge in [-0.2, -0.15) is 31.6 Å². The molecule has 0 aromatic heterocycles. The van der Waals surface area contributed by atoms with Gasteiger partial charge in [-0.3, -0.25) is 0 Å². The van der Waals surface area contributed by atoms with Crippen LogP contribution in [0.1, 0.15) is 87.5 Å². The fourth-order valence-corrected chi connectivity index (χ4v) is 3.16. The van der Waals surface area contributed by atoms with Crippen molar-refractivity contribution in [3.05, 3.63) is 19.8 Å². The molecule has 2 aliphatic carbocycles. The fourth-order valence-electron chi connectivity index (χ4n) is 3.16. The van der Waals surface area contributed by atoms with Crippen molar-refractivity contribution in [2.24, 2.45) is 32.9 Å². The molecule has 2 saturated carbocycles. The summed E-state index contributed by atoms with van der Waals surface area (Å²) in [6.45, 7) is 21.0. The zero-order valence-corrected chi connectivity index (χ0v) is 20.0. The van der Waals surface area contributed by atoms with Gasteiger partial charge in [-0.15, -0.1) is 0 Å². The maximum Gasteiger partial charge on any atom is -0.0435 e. The van der Waals surface area contributed by atoms with Crippen LogP contribution in [0, 0.1) is 49.4 Å². The summed E-state index contributed by atoms with van der Waals surface area (Å²) in [5, 5.41) is 0. The van der Waals surface area contributed by atoms with Gasteiger partial charge in [0.2, 0.25) is 0 Å². The van der Waals surface area contributed by atoms with Crippen molar-refractivity contribution in [2.45, 2.75) is 93.5 Å². The summed E-state index contributed by atoms with van der Waals surface area (Å²) < 4.78 is 3.94. The molecule has 0 aliphatic heterocycles. The van der Waals surface area contributed by atoms with Crippen LogP contribution in [-0.4, -0.2) is 6.04 Å². The van der Waals surface area contributed by atoms with Gasteiger partial charge in [0, 0.05) is 0 Å². The molecule has 4 atom stereocenters. The van der Waals surface area contributed by atoms with E-state index in [9.17, 15) is 0 Å². The first-order valence-corrected chi connectivity index (χ1v) is 11.0. The van der Waals surface area contributed by atoms with Crippen LogP contribution in [0.4, 0.5) is 0 Å². The standard InChI is InChI=1S/C11H21.C6H11.C3H7N.C2H5.Nb/c1-7-6-8(2)10(4)11(5)9(7)3;1-2-4-6-5-3-1;1-3(2)4;1-2;/h6-11H,1-5H3;1H,2-6H2;3H,1-2H3;1H2,2H3;/q2*-1;;-1;. The molecule has 24 heavy (non-hydrogen) atoms. The Morgan fingerprint density at radius 2 is 1.21 bits per heavy atom. The number of nitrogens with zero attached hydrogens (tertiary/aromatic N) is 1. The van der Waals surface area contributed by atoms with E-state index in [4.69, 9.17) is 0 Å². The molecule has 0 spiro atoms. The van der Waals surface area contributed by atoms with Crippen molar-refractivity contribution in [1.29, 1.82) is 0 Å². The van der Waals surface area contributed by atoms with E-state index in [1.807, 2.05) is 0 Å². The first-order chi connectivity index (χ1) is 11.3. The van der Waals surface area contributed by atoms with Crippen LogP contribution >= 0.6 is 0 Å². The SMILES string of the molecule is CC(C)[N]=[Nb].CC1[CH-]C(C)C(C)C(C)C1C.[CH-]1CCCCC1.[CH2-]C. The first kappa shape index (κ1) is 26.8. The molecule has 1 nitrogen and oxygen atoms in total. The monoisotopic (exact) mass is 415 g/mol. The fraction of sp³-hybridized carbons (Fsp3) is 0.864. The predicted octanol–water partition coefficient (Wildman–Crippen LogP) is 7.51. The first-order valence-electron chi connectivity index (χ1n) is 10.0. The topological polar surface area (TPSA) is 12.4 Å². The second-order valence-corrected chi connectivity index (χ2v) is 8.19. The van der Waals surface area contributed by atoms with Crippen LogP contribution in [0.5, 0.6) is 0 Å². The second-order valence-electron chi connectivity index (χ2n) is 7.62. The third-order valence-corrected chi connectivity index (χ3v) is 6.61. The molecule has 0 aromatic carbocycles. The molecule has 4 unspecified atom stereocenters. The Balaban J connectivity index is 0. The van der Waals surface area contributed by atoms with Crippen molar-refractivity contribution in [1.82, 2.24) is 0 Å². The largest absolute Gasteiger partial charge is 0.346 e. The maximum absolute atomic E-state index is 3.94. The van der Waals surface area contributed by atoms with Gasteiger partial charge in [0.1, 0.15) is 0 Å². The summed E-state index contributed by atoms with van der Waals surface area (Å²) in [4.78, 5) is 0. The Morgan fingerprint density at radius 3 is 1.42 bits per heavy atom. The number of hydrogen-bond donors (Lipinski definition) is 0. The molecule has 2 fully saturated rings. The van der Waals surface area contributed by atoms with Crippen molar-refractivity contribution in [2.75, 3.05) is 0 Å². The minimum atomic E-state index is 0.531. The van der Waals surface area contributed by atoms with Crippen molar-refractivity contribution in [3.63, 3.8) is 0 Å². The average molecular weight is 416 g/mol. The second kappa shape index (κ2) is 17.0. The van der Waals surface area contributed by atoms with E-state index < -0.39 is 0 Å². The molecule has 0 amide bonds. The van der Waals surface area contributed by atoms with Gasteiger partial charge in [0.15, 0.2) is 0 Å².